The predicted octanol–water partition coefficient (Wildman–Crippen LogP) is 9.03. The maximum atomic E-state index is 15.4. The van der Waals surface area contributed by atoms with Crippen molar-refractivity contribution in [2.75, 3.05) is 13.2 Å². The van der Waals surface area contributed by atoms with Crippen LogP contribution >= 0.6 is 0 Å². The van der Waals surface area contributed by atoms with Crippen molar-refractivity contribution in [2.45, 2.75) is 46.1 Å². The van der Waals surface area contributed by atoms with Crippen LogP contribution in [-0.2, 0) is 35.6 Å². The van der Waals surface area contributed by atoms with Gasteiger partial charge in [0.15, 0.2) is 5.60 Å². The number of Topliss-reactive ketones (excluding diaryl/α,β-unsaturated/α-hetero) is 1. The van der Waals surface area contributed by atoms with E-state index in [0.29, 0.717) is 40.1 Å². The lowest BCUT2D eigenvalue weighted by Gasteiger charge is -2.42. The molecule has 1 unspecified atom stereocenters. The van der Waals surface area contributed by atoms with Crippen LogP contribution in [0.15, 0.2) is 72.8 Å². The summed E-state index contributed by atoms with van der Waals surface area (Å²) in [7, 11) is 3.91. The summed E-state index contributed by atoms with van der Waals surface area (Å²) >= 11 is 0. The number of benzene rings is 5. The molecule has 1 aliphatic heterocycles. The van der Waals surface area contributed by atoms with Gasteiger partial charge in [0.2, 0.25) is 5.78 Å². The third-order valence-corrected chi connectivity index (χ3v) is 11.5. The molecule has 8 nitrogen and oxygen atoms in total. The summed E-state index contributed by atoms with van der Waals surface area (Å²) in [5.41, 5.74) is 5.15. The number of hydrogen-bond acceptors (Lipinski definition) is 6. The third-order valence-electron chi connectivity index (χ3n) is 11.5. The highest BCUT2D eigenvalue weighted by Crippen LogP contribution is 2.56. The van der Waals surface area contributed by atoms with Crippen LogP contribution in [-0.4, -0.2) is 40.1 Å². The minimum Gasteiger partial charge on any atom is -0.473 e. The van der Waals surface area contributed by atoms with Crippen molar-refractivity contribution in [3.8, 4) is 17.0 Å². The summed E-state index contributed by atoms with van der Waals surface area (Å²) in [4.78, 5) is 43.1. The van der Waals surface area contributed by atoms with Crippen molar-refractivity contribution in [1.82, 2.24) is 9.13 Å². The number of carbonyl (C=O) groups is 3. The number of hydrogen-bond donors (Lipinski definition) is 0. The van der Waals surface area contributed by atoms with Gasteiger partial charge in [-0.1, -0.05) is 48.5 Å². The van der Waals surface area contributed by atoms with Gasteiger partial charge < -0.3 is 23.3 Å². The zero-order valence-electron chi connectivity index (χ0n) is 30.1. The summed E-state index contributed by atoms with van der Waals surface area (Å²) in [6.07, 6.45) is 0.660. The van der Waals surface area contributed by atoms with Crippen molar-refractivity contribution in [3.05, 3.63) is 112 Å². The van der Waals surface area contributed by atoms with E-state index in [9.17, 15) is 9.59 Å². The quantitative estimate of drug-likeness (QED) is 0.135. The lowest BCUT2D eigenvalue weighted by molar-refractivity contribution is 0.0318. The highest BCUT2D eigenvalue weighted by atomic mass is 16.5. The van der Waals surface area contributed by atoms with Gasteiger partial charge in [0.25, 0.3) is 0 Å². The molecule has 5 aromatic carbocycles. The van der Waals surface area contributed by atoms with Crippen LogP contribution in [0.1, 0.15) is 73.9 Å². The van der Waals surface area contributed by atoms with Crippen molar-refractivity contribution in [1.29, 1.82) is 0 Å². The molecule has 0 saturated carbocycles. The SMILES string of the molecule is CCOC(=O)c1c2c(n(C)c1C)-c1cc3ccccc3cc1C(=O)C21CCc2c(c3cc4ccccc4cc3c3c2c(C(=O)OCC)c(C)n3C)O1. The first kappa shape index (κ1) is 32.0. The zero-order valence-corrected chi connectivity index (χ0v) is 30.1. The lowest BCUT2D eigenvalue weighted by atomic mass is 9.71. The zero-order chi connectivity index (χ0) is 36.2. The second kappa shape index (κ2) is 11.3. The van der Waals surface area contributed by atoms with Crippen molar-refractivity contribution in [3.63, 3.8) is 0 Å². The molecule has 0 amide bonds. The van der Waals surface area contributed by atoms with Crippen LogP contribution in [0.5, 0.6) is 5.75 Å². The largest absolute Gasteiger partial charge is 0.473 e. The standard InChI is InChI=1S/C44H38N2O6/c1-7-50-42(48)34-23(3)45(5)38-30-19-25-13-9-11-15-27(25)21-32(30)40-29(36(34)38)17-18-44(52-40)37-35(43(49)51-8-2)24(4)46(6)39(37)31-20-26-14-10-12-16-28(26)22-33(31)41(44)47/h9-16,19-22H,7-8,17-18H2,1-6H3. The van der Waals surface area contributed by atoms with Crippen LogP contribution in [0, 0.1) is 13.8 Å². The molecule has 0 fully saturated rings. The monoisotopic (exact) mass is 690 g/mol. The van der Waals surface area contributed by atoms with Gasteiger partial charge >= 0.3 is 11.9 Å². The van der Waals surface area contributed by atoms with Gasteiger partial charge in [0.1, 0.15) is 5.75 Å². The Hall–Kier alpha value is -5.89. The van der Waals surface area contributed by atoms with Gasteiger partial charge in [0, 0.05) is 70.3 Å². The fourth-order valence-electron chi connectivity index (χ4n) is 8.90. The Morgan fingerprint density at radius 2 is 1.29 bits per heavy atom. The van der Waals surface area contributed by atoms with E-state index in [2.05, 4.69) is 28.8 Å². The predicted molar refractivity (Wildman–Crippen MR) is 203 cm³/mol. The summed E-state index contributed by atoms with van der Waals surface area (Å²) in [5, 5.41) is 6.50. The first-order valence-electron chi connectivity index (χ1n) is 17.9. The third kappa shape index (κ3) is 4.12. The summed E-state index contributed by atoms with van der Waals surface area (Å²) in [6, 6.07) is 24.4. The Labute approximate surface area is 300 Å². The number of ether oxygens (including phenoxy) is 3. The minimum atomic E-state index is -1.55. The molecule has 7 aromatic rings. The number of esters is 2. The Balaban J connectivity index is 1.41. The molecule has 0 N–H and O–H groups in total. The summed E-state index contributed by atoms with van der Waals surface area (Å²) in [5.74, 6) is -0.549. The van der Waals surface area contributed by atoms with Crippen LogP contribution in [0.2, 0.25) is 0 Å². The minimum absolute atomic E-state index is 0.188. The first-order valence-corrected chi connectivity index (χ1v) is 17.9. The molecule has 1 atom stereocenters. The highest BCUT2D eigenvalue weighted by molar-refractivity contribution is 6.22. The van der Waals surface area contributed by atoms with Gasteiger partial charge in [-0.3, -0.25) is 4.79 Å². The Kier molecular flexibility index (Phi) is 6.97. The second-order valence-electron chi connectivity index (χ2n) is 14.0. The fourth-order valence-corrected chi connectivity index (χ4v) is 8.90. The number of aryl methyl sites for hydroxylation is 2. The molecule has 8 heteroatoms. The van der Waals surface area contributed by atoms with Crippen molar-refractivity contribution >= 4 is 60.9 Å². The van der Waals surface area contributed by atoms with E-state index in [1.54, 1.807) is 13.8 Å². The van der Waals surface area contributed by atoms with E-state index in [0.717, 1.165) is 65.7 Å². The van der Waals surface area contributed by atoms with Gasteiger partial charge in [-0.2, -0.15) is 0 Å². The molecule has 0 radical (unpaired) electrons. The number of aromatic nitrogens is 2. The molecule has 9 rings (SSSR count). The Morgan fingerprint density at radius 3 is 1.90 bits per heavy atom. The molecule has 1 spiro atoms. The van der Waals surface area contributed by atoms with Gasteiger partial charge in [0.05, 0.1) is 35.6 Å². The number of carbonyl (C=O) groups excluding carboxylic acids is 3. The van der Waals surface area contributed by atoms with Crippen molar-refractivity contribution < 1.29 is 28.6 Å². The van der Waals surface area contributed by atoms with E-state index in [-0.39, 0.29) is 25.4 Å². The number of nitrogens with zero attached hydrogens (tertiary/aromatic N) is 2. The Bertz CT molecular complexity index is 2750. The molecular weight excluding hydrogens is 652 g/mol. The molecule has 1 aliphatic carbocycles. The molecule has 2 aromatic heterocycles. The summed E-state index contributed by atoms with van der Waals surface area (Å²) in [6.45, 7) is 7.84. The van der Waals surface area contributed by atoms with E-state index in [1.807, 2.05) is 81.0 Å². The first-order chi connectivity index (χ1) is 25.1. The van der Waals surface area contributed by atoms with E-state index in [1.165, 1.54) is 0 Å². The number of fused-ring (bicyclic) bond motifs is 12. The van der Waals surface area contributed by atoms with Gasteiger partial charge in [-0.05, 0) is 79.9 Å². The second-order valence-corrected chi connectivity index (χ2v) is 14.0. The van der Waals surface area contributed by atoms with Crippen LogP contribution in [0.4, 0.5) is 0 Å². The maximum Gasteiger partial charge on any atom is 0.340 e. The van der Waals surface area contributed by atoms with Crippen LogP contribution in [0.25, 0.3) is 54.5 Å². The molecular formula is C44H38N2O6. The number of ketones is 1. The van der Waals surface area contributed by atoms with Gasteiger partial charge in [-0.15, -0.1) is 0 Å². The van der Waals surface area contributed by atoms with Crippen molar-refractivity contribution in [2.24, 2.45) is 14.1 Å². The van der Waals surface area contributed by atoms with Crippen LogP contribution in [0.3, 0.4) is 0 Å². The van der Waals surface area contributed by atoms with Crippen LogP contribution < -0.4 is 4.74 Å². The van der Waals surface area contributed by atoms with E-state index < -0.39 is 17.5 Å². The fraction of sp³-hybridized carbons (Fsp3) is 0.250. The maximum absolute atomic E-state index is 15.4. The molecule has 0 saturated heterocycles. The average Bonchev–Trinajstić information content (AvgIpc) is 3.58. The highest BCUT2D eigenvalue weighted by Gasteiger charge is 2.55. The summed E-state index contributed by atoms with van der Waals surface area (Å²) < 4.78 is 22.7. The van der Waals surface area contributed by atoms with E-state index >= 15 is 4.79 Å². The molecule has 3 heterocycles. The van der Waals surface area contributed by atoms with E-state index in [4.69, 9.17) is 14.2 Å². The average molecular weight is 691 g/mol. The number of rotatable bonds is 4. The molecule has 2 aliphatic rings. The normalized spacial score (nSPS) is 16.3. The smallest absolute Gasteiger partial charge is 0.340 e. The Morgan fingerprint density at radius 1 is 0.750 bits per heavy atom. The topological polar surface area (TPSA) is 88.8 Å². The lowest BCUT2D eigenvalue weighted by Crippen LogP contribution is -2.47. The van der Waals surface area contributed by atoms with Gasteiger partial charge in [-0.25, -0.2) is 9.59 Å². The molecule has 52 heavy (non-hydrogen) atoms. The molecule has 0 bridgehead atoms. The molecule has 260 valence electrons.